The van der Waals surface area contributed by atoms with Crippen LogP contribution in [-0.2, 0) is 14.4 Å². The largest absolute Gasteiger partial charge is 0.480 e. The van der Waals surface area contributed by atoms with Crippen molar-refractivity contribution in [2.24, 2.45) is 11.7 Å². The Kier molecular flexibility index (Phi) is 4.02. The van der Waals surface area contributed by atoms with Crippen molar-refractivity contribution in [1.29, 1.82) is 0 Å². The lowest BCUT2D eigenvalue weighted by molar-refractivity contribution is -0.163. The number of carboxylic acids is 1. The quantitative estimate of drug-likeness (QED) is 0.514. The smallest absolute Gasteiger partial charge is 0.326 e. The van der Waals surface area contributed by atoms with Crippen LogP contribution in [0.15, 0.2) is 30.3 Å². The van der Waals surface area contributed by atoms with Crippen molar-refractivity contribution >= 4 is 17.8 Å². The van der Waals surface area contributed by atoms with Gasteiger partial charge in [-0.25, -0.2) is 4.79 Å². The average Bonchev–Trinajstić information content (AvgIpc) is 2.81. The van der Waals surface area contributed by atoms with Gasteiger partial charge in [0.1, 0.15) is 18.1 Å². The number of carbonyl (C=O) groups is 3. The summed E-state index contributed by atoms with van der Waals surface area (Å²) in [5, 5.41) is 22.0. The molecule has 0 saturated carbocycles. The number of nitrogens with zero attached hydrogens (tertiary/aromatic N) is 1. The first-order valence-electron chi connectivity index (χ1n) is 7.68. The van der Waals surface area contributed by atoms with Gasteiger partial charge in [-0.2, -0.15) is 0 Å². The van der Waals surface area contributed by atoms with E-state index >= 15 is 0 Å². The number of rotatable bonds is 4. The maximum atomic E-state index is 12.3. The molecule has 5 N–H and O–H groups in total. The Labute approximate surface area is 138 Å². The molecule has 128 valence electrons. The van der Waals surface area contributed by atoms with Crippen LogP contribution in [0.3, 0.4) is 0 Å². The van der Waals surface area contributed by atoms with E-state index in [1.165, 1.54) is 0 Å². The zero-order chi connectivity index (χ0) is 17.6. The highest BCUT2D eigenvalue weighted by molar-refractivity contribution is 5.98. The molecule has 1 aromatic rings. The zero-order valence-electron chi connectivity index (χ0n) is 13.0. The van der Waals surface area contributed by atoms with E-state index in [1.807, 2.05) is 0 Å². The molecule has 1 aromatic carbocycles. The predicted molar refractivity (Wildman–Crippen MR) is 82.5 cm³/mol. The predicted octanol–water partition coefficient (Wildman–Crippen LogP) is -1.15. The molecule has 2 aliphatic heterocycles. The lowest BCUT2D eigenvalue weighted by atomic mass is 9.91. The Morgan fingerprint density at radius 3 is 2.50 bits per heavy atom. The van der Waals surface area contributed by atoms with Crippen molar-refractivity contribution in [3.8, 4) is 0 Å². The number of benzene rings is 1. The van der Waals surface area contributed by atoms with Crippen LogP contribution < -0.4 is 11.1 Å². The number of carboxylic acid groups (broad SMARTS) is 1. The molecule has 2 saturated heterocycles. The molecule has 0 aliphatic carbocycles. The highest BCUT2D eigenvalue weighted by Crippen LogP contribution is 2.39. The fourth-order valence-corrected chi connectivity index (χ4v) is 3.51. The van der Waals surface area contributed by atoms with Gasteiger partial charge in [-0.05, 0) is 5.56 Å². The summed E-state index contributed by atoms with van der Waals surface area (Å²) in [6.45, 7) is 1.57. The van der Waals surface area contributed by atoms with Gasteiger partial charge in [0.2, 0.25) is 11.8 Å². The van der Waals surface area contributed by atoms with E-state index in [1.54, 1.807) is 37.3 Å². The Hall–Kier alpha value is -2.45. The minimum atomic E-state index is -1.16. The molecule has 2 fully saturated rings. The molecular weight excluding hydrogens is 314 g/mol. The zero-order valence-corrected chi connectivity index (χ0v) is 13.0. The van der Waals surface area contributed by atoms with Gasteiger partial charge in [-0.3, -0.25) is 9.59 Å². The van der Waals surface area contributed by atoms with E-state index in [-0.39, 0.29) is 0 Å². The number of carbonyl (C=O) groups excluding carboxylic acids is 2. The van der Waals surface area contributed by atoms with E-state index in [0.29, 0.717) is 5.56 Å². The van der Waals surface area contributed by atoms with Crippen LogP contribution in [0, 0.1) is 5.92 Å². The third-order valence-corrected chi connectivity index (χ3v) is 4.86. The standard InChI is InChI=1S/C16H19N3O5/c1-7-11(16(23)24)19-12(13(7)20)10(15(19)22)18-14(21)9(17)8-5-3-2-4-6-8/h2-7,9-13,20H,17H2,1H3,(H,18,21)(H,23,24)/t7?,9?,10?,11?,12-,13?/m0/s1. The van der Waals surface area contributed by atoms with Gasteiger partial charge in [0, 0.05) is 5.92 Å². The van der Waals surface area contributed by atoms with Crippen molar-refractivity contribution < 1.29 is 24.6 Å². The van der Waals surface area contributed by atoms with E-state index in [4.69, 9.17) is 5.73 Å². The van der Waals surface area contributed by atoms with Gasteiger partial charge in [-0.15, -0.1) is 0 Å². The van der Waals surface area contributed by atoms with Crippen molar-refractivity contribution in [2.45, 2.75) is 37.2 Å². The van der Waals surface area contributed by atoms with E-state index in [0.717, 1.165) is 4.90 Å². The highest BCUT2D eigenvalue weighted by Gasteiger charge is 2.64. The summed E-state index contributed by atoms with van der Waals surface area (Å²) < 4.78 is 0. The third kappa shape index (κ3) is 2.35. The average molecular weight is 333 g/mol. The first kappa shape index (κ1) is 16.4. The lowest BCUT2D eigenvalue weighted by Crippen LogP contribution is -2.73. The Morgan fingerprint density at radius 2 is 1.92 bits per heavy atom. The Balaban J connectivity index is 1.72. The van der Waals surface area contributed by atoms with Gasteiger partial charge >= 0.3 is 5.97 Å². The maximum Gasteiger partial charge on any atom is 0.326 e. The molecule has 0 radical (unpaired) electrons. The molecule has 8 nitrogen and oxygen atoms in total. The van der Waals surface area contributed by atoms with Crippen LogP contribution in [0.2, 0.25) is 0 Å². The molecule has 2 aliphatic rings. The second-order valence-electron chi connectivity index (χ2n) is 6.24. The number of nitrogens with one attached hydrogen (secondary N) is 1. The molecule has 2 amide bonds. The van der Waals surface area contributed by atoms with Gasteiger partial charge in [-0.1, -0.05) is 37.3 Å². The van der Waals surface area contributed by atoms with Crippen molar-refractivity contribution in [3.05, 3.63) is 35.9 Å². The molecule has 2 heterocycles. The van der Waals surface area contributed by atoms with E-state index < -0.39 is 54.0 Å². The monoisotopic (exact) mass is 333 g/mol. The topological polar surface area (TPSA) is 133 Å². The van der Waals surface area contributed by atoms with Crippen LogP contribution in [0.1, 0.15) is 18.5 Å². The SMILES string of the molecule is CC1C(O)[C@@H]2C(NC(=O)C(N)c3ccccc3)C(=O)N2C1C(=O)O. The van der Waals surface area contributed by atoms with Gasteiger partial charge < -0.3 is 26.2 Å². The highest BCUT2D eigenvalue weighted by atomic mass is 16.4. The second kappa shape index (κ2) is 5.88. The molecule has 3 rings (SSSR count). The first-order valence-corrected chi connectivity index (χ1v) is 7.68. The van der Waals surface area contributed by atoms with Crippen LogP contribution in [-0.4, -0.2) is 57.1 Å². The summed E-state index contributed by atoms with van der Waals surface area (Å²) in [6, 6.07) is 4.99. The lowest BCUT2D eigenvalue weighted by Gasteiger charge is -2.45. The molecule has 8 heteroatoms. The molecule has 6 atom stereocenters. The molecular formula is C16H19N3O5. The van der Waals surface area contributed by atoms with Crippen molar-refractivity contribution in [2.75, 3.05) is 0 Å². The fourth-order valence-electron chi connectivity index (χ4n) is 3.51. The van der Waals surface area contributed by atoms with E-state index in [2.05, 4.69) is 5.32 Å². The maximum absolute atomic E-state index is 12.3. The second-order valence-corrected chi connectivity index (χ2v) is 6.24. The minimum Gasteiger partial charge on any atom is -0.480 e. The van der Waals surface area contributed by atoms with Crippen LogP contribution in [0.25, 0.3) is 0 Å². The normalized spacial score (nSPS) is 32.7. The Bertz CT molecular complexity index is 680. The van der Waals surface area contributed by atoms with Gasteiger partial charge in [0.25, 0.3) is 0 Å². The number of hydrogen-bond acceptors (Lipinski definition) is 5. The van der Waals surface area contributed by atoms with E-state index in [9.17, 15) is 24.6 Å². The number of aliphatic hydroxyl groups excluding tert-OH is 1. The third-order valence-electron chi connectivity index (χ3n) is 4.86. The minimum absolute atomic E-state index is 0.510. The fraction of sp³-hybridized carbons (Fsp3) is 0.438. The van der Waals surface area contributed by atoms with Crippen LogP contribution in [0.5, 0.6) is 0 Å². The summed E-state index contributed by atoms with van der Waals surface area (Å²) in [7, 11) is 0. The number of β-lactam (4-membered cyclic amide) rings is 1. The summed E-state index contributed by atoms with van der Waals surface area (Å²) in [6.07, 6.45) is -1.01. The number of aliphatic carboxylic acids is 1. The van der Waals surface area contributed by atoms with Crippen LogP contribution >= 0.6 is 0 Å². The number of hydrogen-bond donors (Lipinski definition) is 4. The molecule has 5 unspecified atom stereocenters. The first-order chi connectivity index (χ1) is 11.3. The Morgan fingerprint density at radius 1 is 1.29 bits per heavy atom. The molecule has 24 heavy (non-hydrogen) atoms. The van der Waals surface area contributed by atoms with Gasteiger partial charge in [0.05, 0.1) is 12.1 Å². The van der Waals surface area contributed by atoms with Gasteiger partial charge in [0.15, 0.2) is 0 Å². The molecule has 0 aromatic heterocycles. The summed E-state index contributed by atoms with van der Waals surface area (Å²) in [5.41, 5.74) is 6.49. The summed E-state index contributed by atoms with van der Waals surface area (Å²) >= 11 is 0. The molecule has 0 bridgehead atoms. The van der Waals surface area contributed by atoms with Crippen molar-refractivity contribution in [1.82, 2.24) is 10.2 Å². The number of aliphatic hydroxyl groups is 1. The number of nitrogens with two attached hydrogens (primary N) is 1. The van der Waals surface area contributed by atoms with Crippen molar-refractivity contribution in [3.63, 3.8) is 0 Å². The van der Waals surface area contributed by atoms with Crippen LogP contribution in [0.4, 0.5) is 0 Å². The summed E-state index contributed by atoms with van der Waals surface area (Å²) in [5.74, 6) is -2.83. The number of amides is 2. The summed E-state index contributed by atoms with van der Waals surface area (Å²) in [4.78, 5) is 37.0. The molecule has 0 spiro atoms. The number of fused-ring (bicyclic) bond motifs is 1.